The molecule has 0 radical (unpaired) electrons. The predicted octanol–water partition coefficient (Wildman–Crippen LogP) is 1.13. The topological polar surface area (TPSA) is 84.2 Å². The highest BCUT2D eigenvalue weighted by atomic mass is 32.2. The third-order valence-corrected chi connectivity index (χ3v) is 3.05. The fourth-order valence-electron chi connectivity index (χ4n) is 1.55. The van der Waals surface area contributed by atoms with E-state index in [0.29, 0.717) is 5.69 Å². The van der Waals surface area contributed by atoms with E-state index in [4.69, 9.17) is 18.0 Å². The maximum Gasteiger partial charge on any atom is 0.229 e. The van der Waals surface area contributed by atoms with Crippen molar-refractivity contribution in [3.8, 4) is 0 Å². The largest absolute Gasteiger partial charge is 0.376 e. The van der Waals surface area contributed by atoms with E-state index in [9.17, 15) is 8.42 Å². The Balaban J connectivity index is 2.92. The summed E-state index contributed by atoms with van der Waals surface area (Å²) in [4.78, 5) is 0. The highest BCUT2D eigenvalue weighted by Gasteiger charge is 2.20. The minimum atomic E-state index is -3.25. The van der Waals surface area contributed by atoms with Crippen molar-refractivity contribution in [1.82, 2.24) is 5.32 Å². The van der Waals surface area contributed by atoms with Gasteiger partial charge >= 0.3 is 0 Å². The van der Waals surface area contributed by atoms with Crippen molar-refractivity contribution >= 4 is 33.0 Å². The Hall–Kier alpha value is -1.34. The molecule has 0 aromatic heterocycles. The standard InChI is InChI=1S/C11H17N3O2S2/c1-11(2,13-10(12)17)8-4-6-9(7-5-8)14-18(3,15)16/h4-7,14H,1-3H3,(H3,12,13,17). The highest BCUT2D eigenvalue weighted by molar-refractivity contribution is 7.92. The quantitative estimate of drug-likeness (QED) is 0.723. The SMILES string of the molecule is CC(C)(NC(N)=S)c1ccc(NS(C)(=O)=O)cc1. The highest BCUT2D eigenvalue weighted by Crippen LogP contribution is 2.22. The molecule has 0 aliphatic carbocycles. The minimum Gasteiger partial charge on any atom is -0.376 e. The minimum absolute atomic E-state index is 0.221. The molecule has 7 heteroatoms. The van der Waals surface area contributed by atoms with Crippen molar-refractivity contribution < 1.29 is 8.42 Å². The van der Waals surface area contributed by atoms with Gasteiger partial charge in [0.05, 0.1) is 11.8 Å². The molecular formula is C11H17N3O2S2. The zero-order valence-electron chi connectivity index (χ0n) is 10.5. The summed E-state index contributed by atoms with van der Waals surface area (Å²) in [5, 5.41) is 3.19. The van der Waals surface area contributed by atoms with Crippen molar-refractivity contribution in [2.45, 2.75) is 19.4 Å². The third kappa shape index (κ3) is 4.50. The molecule has 0 amide bonds. The van der Waals surface area contributed by atoms with E-state index in [-0.39, 0.29) is 5.11 Å². The van der Waals surface area contributed by atoms with Gasteiger partial charge < -0.3 is 11.1 Å². The maximum absolute atomic E-state index is 11.1. The van der Waals surface area contributed by atoms with E-state index in [1.54, 1.807) is 12.1 Å². The Bertz CT molecular complexity index is 536. The number of nitrogens with one attached hydrogen (secondary N) is 2. The van der Waals surface area contributed by atoms with Crippen LogP contribution in [0.25, 0.3) is 0 Å². The van der Waals surface area contributed by atoms with Gasteiger partial charge in [-0.25, -0.2) is 8.42 Å². The zero-order valence-corrected chi connectivity index (χ0v) is 12.2. The second-order valence-corrected chi connectivity index (χ2v) is 6.75. The molecule has 0 heterocycles. The molecule has 18 heavy (non-hydrogen) atoms. The van der Waals surface area contributed by atoms with Gasteiger partial charge in [0, 0.05) is 5.69 Å². The summed E-state index contributed by atoms with van der Waals surface area (Å²) in [6, 6.07) is 7.02. The molecule has 1 rings (SSSR count). The fourth-order valence-corrected chi connectivity index (χ4v) is 2.37. The molecule has 1 aromatic carbocycles. The van der Waals surface area contributed by atoms with Crippen LogP contribution >= 0.6 is 12.2 Å². The Morgan fingerprint density at radius 1 is 1.28 bits per heavy atom. The number of thiocarbonyl (C=S) groups is 1. The number of sulfonamides is 1. The van der Waals surface area contributed by atoms with E-state index in [2.05, 4.69) is 10.0 Å². The third-order valence-electron chi connectivity index (χ3n) is 2.35. The lowest BCUT2D eigenvalue weighted by Crippen LogP contribution is -2.43. The molecule has 0 aliphatic rings. The van der Waals surface area contributed by atoms with Crippen LogP contribution in [0.5, 0.6) is 0 Å². The van der Waals surface area contributed by atoms with E-state index in [0.717, 1.165) is 11.8 Å². The summed E-state index contributed by atoms with van der Waals surface area (Å²) in [6.07, 6.45) is 1.11. The van der Waals surface area contributed by atoms with Crippen LogP contribution in [0.3, 0.4) is 0 Å². The van der Waals surface area contributed by atoms with Crippen molar-refractivity contribution in [2.24, 2.45) is 5.73 Å². The Morgan fingerprint density at radius 3 is 2.17 bits per heavy atom. The van der Waals surface area contributed by atoms with E-state index in [1.807, 2.05) is 26.0 Å². The molecule has 5 nitrogen and oxygen atoms in total. The second kappa shape index (κ2) is 5.11. The van der Waals surface area contributed by atoms with Crippen molar-refractivity contribution in [2.75, 3.05) is 11.0 Å². The Morgan fingerprint density at radius 2 is 1.78 bits per heavy atom. The first kappa shape index (κ1) is 14.7. The first-order valence-electron chi connectivity index (χ1n) is 5.26. The van der Waals surface area contributed by atoms with Crippen LogP contribution < -0.4 is 15.8 Å². The van der Waals surface area contributed by atoms with Crippen molar-refractivity contribution in [3.05, 3.63) is 29.8 Å². The summed E-state index contributed by atoms with van der Waals surface area (Å²) in [5.41, 5.74) is 6.52. The summed E-state index contributed by atoms with van der Waals surface area (Å²) in [5.74, 6) is 0. The van der Waals surface area contributed by atoms with Crippen LogP contribution in [0, 0.1) is 0 Å². The molecule has 100 valence electrons. The Kier molecular flexibility index (Phi) is 4.18. The first-order chi connectivity index (χ1) is 8.10. The summed E-state index contributed by atoms with van der Waals surface area (Å²) >= 11 is 4.82. The molecule has 0 unspecified atom stereocenters. The lowest BCUT2D eigenvalue weighted by molar-refractivity contribution is 0.488. The molecule has 0 spiro atoms. The maximum atomic E-state index is 11.1. The molecule has 0 aliphatic heterocycles. The lowest BCUT2D eigenvalue weighted by Gasteiger charge is -2.27. The number of hydrogen-bond donors (Lipinski definition) is 3. The molecule has 0 saturated carbocycles. The molecule has 4 N–H and O–H groups in total. The van der Waals surface area contributed by atoms with Gasteiger partial charge in [-0.3, -0.25) is 4.72 Å². The number of hydrogen-bond acceptors (Lipinski definition) is 3. The van der Waals surface area contributed by atoms with Gasteiger partial charge in [-0.1, -0.05) is 12.1 Å². The van der Waals surface area contributed by atoms with Crippen LogP contribution in [0.15, 0.2) is 24.3 Å². The zero-order chi connectivity index (χ0) is 14.0. The van der Waals surface area contributed by atoms with E-state index in [1.165, 1.54) is 0 Å². The van der Waals surface area contributed by atoms with Gasteiger partial charge in [0.2, 0.25) is 10.0 Å². The van der Waals surface area contributed by atoms with Gasteiger partial charge in [-0.15, -0.1) is 0 Å². The molecule has 0 saturated heterocycles. The van der Waals surface area contributed by atoms with Gasteiger partial charge in [0.25, 0.3) is 0 Å². The smallest absolute Gasteiger partial charge is 0.229 e. The summed E-state index contributed by atoms with van der Waals surface area (Å²) in [6.45, 7) is 3.87. The lowest BCUT2D eigenvalue weighted by atomic mass is 9.94. The summed E-state index contributed by atoms with van der Waals surface area (Å²) < 4.78 is 24.5. The molecule has 0 atom stereocenters. The van der Waals surface area contributed by atoms with Crippen molar-refractivity contribution in [3.63, 3.8) is 0 Å². The van der Waals surface area contributed by atoms with E-state index >= 15 is 0 Å². The fraction of sp³-hybridized carbons (Fsp3) is 0.364. The van der Waals surface area contributed by atoms with Crippen molar-refractivity contribution in [1.29, 1.82) is 0 Å². The van der Waals surface area contributed by atoms with Crippen LogP contribution in [0.4, 0.5) is 5.69 Å². The van der Waals surface area contributed by atoms with Crippen LogP contribution in [-0.2, 0) is 15.6 Å². The van der Waals surface area contributed by atoms with E-state index < -0.39 is 15.6 Å². The average Bonchev–Trinajstić information content (AvgIpc) is 2.13. The number of benzene rings is 1. The molecule has 1 aromatic rings. The first-order valence-corrected chi connectivity index (χ1v) is 7.56. The van der Waals surface area contributed by atoms with Crippen LogP contribution in [0.1, 0.15) is 19.4 Å². The molecular weight excluding hydrogens is 270 g/mol. The normalized spacial score (nSPS) is 11.9. The van der Waals surface area contributed by atoms with Crippen LogP contribution in [0.2, 0.25) is 0 Å². The Labute approximate surface area is 113 Å². The number of nitrogens with two attached hydrogens (primary N) is 1. The molecule has 0 fully saturated rings. The number of rotatable bonds is 4. The predicted molar refractivity (Wildman–Crippen MR) is 77.9 cm³/mol. The average molecular weight is 287 g/mol. The van der Waals surface area contributed by atoms with Gasteiger partial charge in [-0.05, 0) is 43.8 Å². The number of anilines is 1. The van der Waals surface area contributed by atoms with Gasteiger partial charge in [-0.2, -0.15) is 0 Å². The van der Waals surface area contributed by atoms with Gasteiger partial charge in [0.1, 0.15) is 0 Å². The monoisotopic (exact) mass is 287 g/mol. The summed E-state index contributed by atoms with van der Waals surface area (Å²) in [7, 11) is -3.25. The van der Waals surface area contributed by atoms with Crippen LogP contribution in [-0.4, -0.2) is 19.8 Å². The van der Waals surface area contributed by atoms with Gasteiger partial charge in [0.15, 0.2) is 5.11 Å². The second-order valence-electron chi connectivity index (χ2n) is 4.57. The molecule has 0 bridgehead atoms.